The average molecular weight is 231 g/mol. The second-order valence-electron chi connectivity index (χ2n) is 4.46. The van der Waals surface area contributed by atoms with Crippen molar-refractivity contribution in [3.63, 3.8) is 0 Å². The van der Waals surface area contributed by atoms with Crippen LogP contribution in [-0.4, -0.2) is 17.4 Å². The van der Waals surface area contributed by atoms with Gasteiger partial charge in [0.25, 0.3) is 0 Å². The lowest BCUT2D eigenvalue weighted by Crippen LogP contribution is -2.29. The van der Waals surface area contributed by atoms with Crippen molar-refractivity contribution in [2.75, 3.05) is 6.54 Å². The maximum Gasteiger partial charge on any atom is 0.220 e. The Kier molecular flexibility index (Phi) is 4.95. The molecule has 0 atom stereocenters. The quantitative estimate of drug-likeness (QED) is 0.712. The molecule has 0 unspecified atom stereocenters. The summed E-state index contributed by atoms with van der Waals surface area (Å²) >= 11 is 0. The Labute approximate surface area is 104 Å². The summed E-state index contributed by atoms with van der Waals surface area (Å²) in [7, 11) is 0. The van der Waals surface area contributed by atoms with Crippen LogP contribution in [0.15, 0.2) is 36.4 Å². The van der Waals surface area contributed by atoms with Gasteiger partial charge in [0.1, 0.15) is 0 Å². The molecule has 0 saturated carbocycles. The van der Waals surface area contributed by atoms with Crippen LogP contribution < -0.4 is 0 Å². The summed E-state index contributed by atoms with van der Waals surface area (Å²) in [5.74, 6) is 0.0974. The minimum absolute atomic E-state index is 0.0974. The molecular weight excluding hydrogens is 210 g/mol. The van der Waals surface area contributed by atoms with Crippen LogP contribution in [0.1, 0.15) is 31.4 Å². The van der Waals surface area contributed by atoms with Gasteiger partial charge in [-0.2, -0.15) is 0 Å². The summed E-state index contributed by atoms with van der Waals surface area (Å²) < 4.78 is 0. The van der Waals surface area contributed by atoms with E-state index in [-0.39, 0.29) is 5.91 Å². The zero-order valence-corrected chi connectivity index (χ0v) is 11.0. The number of rotatable bonds is 5. The highest BCUT2D eigenvalue weighted by molar-refractivity contribution is 5.73. The maximum absolute atomic E-state index is 11.6. The molecule has 1 aromatic carbocycles. The smallest absolute Gasteiger partial charge is 0.220 e. The third kappa shape index (κ3) is 4.43. The van der Waals surface area contributed by atoms with Gasteiger partial charge < -0.3 is 4.90 Å². The Balaban J connectivity index is 2.70. The van der Waals surface area contributed by atoms with Crippen LogP contribution in [0, 0.1) is 6.92 Å². The van der Waals surface area contributed by atoms with Gasteiger partial charge in [0.05, 0.1) is 0 Å². The largest absolute Gasteiger partial charge is 0.335 e. The van der Waals surface area contributed by atoms with Crippen LogP contribution >= 0.6 is 0 Å². The molecule has 0 aliphatic heterocycles. The van der Waals surface area contributed by atoms with Crippen molar-refractivity contribution in [1.82, 2.24) is 4.90 Å². The van der Waals surface area contributed by atoms with Gasteiger partial charge in [-0.3, -0.25) is 4.79 Å². The van der Waals surface area contributed by atoms with Gasteiger partial charge in [0.2, 0.25) is 5.91 Å². The Morgan fingerprint density at radius 3 is 2.35 bits per heavy atom. The summed E-state index contributed by atoms with van der Waals surface area (Å²) in [6.07, 6.45) is 0.914. The second-order valence-corrected chi connectivity index (χ2v) is 4.46. The predicted molar refractivity (Wildman–Crippen MR) is 71.7 cm³/mol. The molecule has 92 valence electrons. The second kappa shape index (κ2) is 6.24. The molecule has 1 rings (SSSR count). The molecular formula is C15H21NO. The maximum atomic E-state index is 11.6. The zero-order valence-electron chi connectivity index (χ0n) is 11.0. The van der Waals surface area contributed by atoms with Crippen molar-refractivity contribution < 1.29 is 4.79 Å². The van der Waals surface area contributed by atoms with E-state index in [2.05, 4.69) is 44.7 Å². The number of nitrogens with zero attached hydrogens (tertiary/aromatic N) is 1. The van der Waals surface area contributed by atoms with E-state index in [0.717, 1.165) is 17.6 Å². The fraction of sp³-hybridized carbons (Fsp3) is 0.400. The van der Waals surface area contributed by atoms with E-state index in [4.69, 9.17) is 0 Å². The van der Waals surface area contributed by atoms with Gasteiger partial charge in [-0.15, -0.1) is 0 Å². The number of hydrogen-bond acceptors (Lipinski definition) is 1. The van der Waals surface area contributed by atoms with Crippen LogP contribution in [0.25, 0.3) is 0 Å². The van der Waals surface area contributed by atoms with Crippen LogP contribution in [0.3, 0.4) is 0 Å². The monoisotopic (exact) mass is 231 g/mol. The molecule has 0 saturated heterocycles. The van der Waals surface area contributed by atoms with E-state index < -0.39 is 0 Å². The Morgan fingerprint density at radius 2 is 1.88 bits per heavy atom. The number of aryl methyl sites for hydroxylation is 1. The first-order valence-electron chi connectivity index (χ1n) is 6.00. The van der Waals surface area contributed by atoms with E-state index in [1.807, 2.05) is 4.90 Å². The predicted octanol–water partition coefficient (Wildman–Crippen LogP) is 3.31. The standard InChI is InChI=1S/C15H21NO/c1-5-12(2)10-16(14(4)17)11-15-8-6-13(3)7-9-15/h6-9H,2,5,10-11H2,1,3-4H3. The van der Waals surface area contributed by atoms with Gasteiger partial charge in [0, 0.05) is 20.0 Å². The van der Waals surface area contributed by atoms with Gasteiger partial charge in [0.15, 0.2) is 0 Å². The van der Waals surface area contributed by atoms with Crippen molar-refractivity contribution >= 4 is 5.91 Å². The van der Waals surface area contributed by atoms with Gasteiger partial charge in [-0.1, -0.05) is 48.9 Å². The molecule has 0 aromatic heterocycles. The number of hydrogen-bond donors (Lipinski definition) is 0. The first-order chi connectivity index (χ1) is 8.02. The SMILES string of the molecule is C=C(CC)CN(Cc1ccc(C)cc1)C(C)=O. The Morgan fingerprint density at radius 1 is 1.29 bits per heavy atom. The van der Waals surface area contributed by atoms with E-state index in [9.17, 15) is 4.79 Å². The molecule has 0 spiro atoms. The third-order valence-electron chi connectivity index (χ3n) is 2.85. The van der Waals surface area contributed by atoms with E-state index >= 15 is 0 Å². The minimum atomic E-state index is 0.0974. The van der Waals surface area contributed by atoms with Crippen LogP contribution in [-0.2, 0) is 11.3 Å². The lowest BCUT2D eigenvalue weighted by Gasteiger charge is -2.22. The topological polar surface area (TPSA) is 20.3 Å². The van der Waals surface area contributed by atoms with Crippen molar-refractivity contribution in [2.45, 2.75) is 33.7 Å². The molecule has 0 aliphatic rings. The fourth-order valence-electron chi connectivity index (χ4n) is 1.57. The van der Waals surface area contributed by atoms with E-state index in [0.29, 0.717) is 13.1 Å². The Hall–Kier alpha value is -1.57. The molecule has 0 heterocycles. The summed E-state index contributed by atoms with van der Waals surface area (Å²) in [6.45, 7) is 11.0. The first kappa shape index (κ1) is 13.5. The van der Waals surface area contributed by atoms with Gasteiger partial charge in [-0.05, 0) is 18.9 Å². The molecule has 0 bridgehead atoms. The fourth-order valence-corrected chi connectivity index (χ4v) is 1.57. The normalized spacial score (nSPS) is 10.1. The lowest BCUT2D eigenvalue weighted by atomic mass is 10.1. The molecule has 1 aromatic rings. The average Bonchev–Trinajstić information content (AvgIpc) is 2.30. The third-order valence-corrected chi connectivity index (χ3v) is 2.85. The van der Waals surface area contributed by atoms with Crippen molar-refractivity contribution in [3.8, 4) is 0 Å². The van der Waals surface area contributed by atoms with Gasteiger partial charge in [-0.25, -0.2) is 0 Å². The van der Waals surface area contributed by atoms with Crippen LogP contribution in [0.2, 0.25) is 0 Å². The van der Waals surface area contributed by atoms with Crippen LogP contribution in [0.4, 0.5) is 0 Å². The van der Waals surface area contributed by atoms with Crippen molar-refractivity contribution in [3.05, 3.63) is 47.5 Å². The summed E-state index contributed by atoms with van der Waals surface area (Å²) in [5.41, 5.74) is 3.49. The van der Waals surface area contributed by atoms with E-state index in [1.165, 1.54) is 5.56 Å². The highest BCUT2D eigenvalue weighted by Gasteiger charge is 2.09. The lowest BCUT2D eigenvalue weighted by molar-refractivity contribution is -0.129. The summed E-state index contributed by atoms with van der Waals surface area (Å²) in [4.78, 5) is 13.4. The highest BCUT2D eigenvalue weighted by Crippen LogP contribution is 2.09. The van der Waals surface area contributed by atoms with Crippen molar-refractivity contribution in [1.29, 1.82) is 0 Å². The molecule has 1 amide bonds. The van der Waals surface area contributed by atoms with Crippen LogP contribution in [0.5, 0.6) is 0 Å². The number of amides is 1. The number of carbonyl (C=O) groups is 1. The molecule has 2 heteroatoms. The summed E-state index contributed by atoms with van der Waals surface area (Å²) in [6, 6.07) is 8.28. The molecule has 0 fully saturated rings. The first-order valence-corrected chi connectivity index (χ1v) is 6.00. The highest BCUT2D eigenvalue weighted by atomic mass is 16.2. The minimum Gasteiger partial charge on any atom is -0.335 e. The van der Waals surface area contributed by atoms with Gasteiger partial charge >= 0.3 is 0 Å². The van der Waals surface area contributed by atoms with E-state index in [1.54, 1.807) is 6.92 Å². The molecule has 0 aliphatic carbocycles. The molecule has 0 N–H and O–H groups in total. The molecule has 17 heavy (non-hydrogen) atoms. The number of benzene rings is 1. The number of carbonyl (C=O) groups excluding carboxylic acids is 1. The zero-order chi connectivity index (χ0) is 12.8. The van der Waals surface area contributed by atoms with Crippen molar-refractivity contribution in [2.24, 2.45) is 0 Å². The molecule has 0 radical (unpaired) electrons. The Bertz CT molecular complexity index is 392. The summed E-state index contributed by atoms with van der Waals surface area (Å²) in [5, 5.41) is 0. The molecule has 2 nitrogen and oxygen atoms in total.